The minimum absolute atomic E-state index is 0.0383. The Hall–Kier alpha value is -2.03. The fourth-order valence-corrected chi connectivity index (χ4v) is 1.81. The average molecular weight is 202 g/mol. The van der Waals surface area contributed by atoms with Crippen LogP contribution in [0.25, 0.3) is 21.9 Å². The van der Waals surface area contributed by atoms with E-state index in [0.29, 0.717) is 21.9 Å². The van der Waals surface area contributed by atoms with Crippen molar-refractivity contribution in [1.29, 1.82) is 0 Å². The fraction of sp³-hybridized carbons (Fsp3) is 0. The zero-order valence-corrected chi connectivity index (χ0v) is 7.70. The Kier molecular flexibility index (Phi) is 1.51. The number of hydrogen-bond acceptors (Lipinski definition) is 2. The third-order valence-electron chi connectivity index (χ3n) is 2.45. The fourth-order valence-electron chi connectivity index (χ4n) is 1.81. The zero-order chi connectivity index (χ0) is 10.4. The number of phenols is 1. The Balaban J connectivity index is 2.67. The number of halogens is 1. The molecule has 0 aliphatic carbocycles. The van der Waals surface area contributed by atoms with Crippen LogP contribution in [-0.4, -0.2) is 5.11 Å². The predicted octanol–water partition coefficient (Wildman–Crippen LogP) is 3.43. The molecule has 0 atom stereocenters. The molecule has 3 heteroatoms. The number of rotatable bonds is 0. The normalized spacial score (nSPS) is 11.3. The second-order valence-corrected chi connectivity index (χ2v) is 3.37. The van der Waals surface area contributed by atoms with E-state index in [0.717, 1.165) is 0 Å². The van der Waals surface area contributed by atoms with E-state index in [2.05, 4.69) is 0 Å². The molecule has 15 heavy (non-hydrogen) atoms. The quantitative estimate of drug-likeness (QED) is 0.605. The van der Waals surface area contributed by atoms with E-state index in [9.17, 15) is 9.50 Å². The molecule has 0 fully saturated rings. The second kappa shape index (κ2) is 2.73. The standard InChI is InChI=1S/C12H7FO2/c13-7-3-1-5-9-11(7)12-8(14)4-2-6-10(12)15-9/h1-6,14H. The lowest BCUT2D eigenvalue weighted by atomic mass is 10.1. The number of hydrogen-bond donors (Lipinski definition) is 1. The van der Waals surface area contributed by atoms with Gasteiger partial charge in [-0.25, -0.2) is 4.39 Å². The van der Waals surface area contributed by atoms with Crippen LogP contribution in [-0.2, 0) is 0 Å². The number of phenolic OH excluding ortho intramolecular Hbond substituents is 1. The Bertz CT molecular complexity index is 599. The summed E-state index contributed by atoms with van der Waals surface area (Å²) in [6, 6.07) is 9.49. The largest absolute Gasteiger partial charge is 0.507 e. The Morgan fingerprint density at radius 1 is 0.933 bits per heavy atom. The van der Waals surface area contributed by atoms with Gasteiger partial charge in [0.1, 0.15) is 22.7 Å². The molecule has 3 aromatic rings. The Labute approximate surface area is 84.5 Å². The topological polar surface area (TPSA) is 33.4 Å². The van der Waals surface area contributed by atoms with Crippen molar-refractivity contribution in [3.63, 3.8) is 0 Å². The maximum Gasteiger partial charge on any atom is 0.139 e. The molecule has 0 aliphatic rings. The van der Waals surface area contributed by atoms with E-state index >= 15 is 0 Å². The summed E-state index contributed by atoms with van der Waals surface area (Å²) in [5.41, 5.74) is 0.946. The lowest BCUT2D eigenvalue weighted by Gasteiger charge is -1.94. The van der Waals surface area contributed by atoms with Crippen LogP contribution in [0.15, 0.2) is 40.8 Å². The van der Waals surface area contributed by atoms with Gasteiger partial charge in [0.15, 0.2) is 0 Å². The van der Waals surface area contributed by atoms with Crippen LogP contribution in [0.3, 0.4) is 0 Å². The van der Waals surface area contributed by atoms with Crippen molar-refractivity contribution in [2.75, 3.05) is 0 Å². The van der Waals surface area contributed by atoms with Crippen molar-refractivity contribution < 1.29 is 13.9 Å². The maximum absolute atomic E-state index is 13.6. The summed E-state index contributed by atoms with van der Waals surface area (Å²) >= 11 is 0. The molecule has 2 aromatic carbocycles. The highest BCUT2D eigenvalue weighted by atomic mass is 19.1. The molecule has 74 valence electrons. The zero-order valence-electron chi connectivity index (χ0n) is 7.70. The number of aromatic hydroxyl groups is 1. The first-order valence-corrected chi connectivity index (χ1v) is 4.56. The van der Waals surface area contributed by atoms with Gasteiger partial charge in [-0.2, -0.15) is 0 Å². The first kappa shape index (κ1) is 8.29. The van der Waals surface area contributed by atoms with Crippen molar-refractivity contribution in [1.82, 2.24) is 0 Å². The van der Waals surface area contributed by atoms with Gasteiger partial charge < -0.3 is 9.52 Å². The summed E-state index contributed by atoms with van der Waals surface area (Å²) in [7, 11) is 0. The summed E-state index contributed by atoms with van der Waals surface area (Å²) < 4.78 is 19.0. The first-order chi connectivity index (χ1) is 7.27. The van der Waals surface area contributed by atoms with Crippen LogP contribution >= 0.6 is 0 Å². The van der Waals surface area contributed by atoms with Gasteiger partial charge in [0.05, 0.1) is 10.8 Å². The molecule has 0 radical (unpaired) electrons. The third kappa shape index (κ3) is 1.03. The summed E-state index contributed by atoms with van der Waals surface area (Å²) in [5.74, 6) is -0.343. The maximum atomic E-state index is 13.6. The molecule has 3 rings (SSSR count). The van der Waals surface area contributed by atoms with Crippen LogP contribution < -0.4 is 0 Å². The molecule has 0 spiro atoms. The SMILES string of the molecule is Oc1cccc2oc3cccc(F)c3c12. The smallest absolute Gasteiger partial charge is 0.139 e. The highest BCUT2D eigenvalue weighted by molar-refractivity contribution is 6.08. The summed E-state index contributed by atoms with van der Waals surface area (Å²) in [4.78, 5) is 0. The minimum Gasteiger partial charge on any atom is -0.507 e. The van der Waals surface area contributed by atoms with Crippen molar-refractivity contribution >= 4 is 21.9 Å². The molecule has 0 bridgehead atoms. The molecular formula is C12H7FO2. The van der Waals surface area contributed by atoms with E-state index in [1.807, 2.05) is 0 Å². The van der Waals surface area contributed by atoms with Gasteiger partial charge in [-0.05, 0) is 24.3 Å². The summed E-state index contributed by atoms with van der Waals surface area (Å²) in [5, 5.41) is 10.4. The number of furan rings is 1. The molecular weight excluding hydrogens is 195 g/mol. The lowest BCUT2D eigenvalue weighted by molar-refractivity contribution is 0.481. The van der Waals surface area contributed by atoms with Gasteiger partial charge >= 0.3 is 0 Å². The minimum atomic E-state index is -0.382. The molecule has 1 N–H and O–H groups in total. The monoisotopic (exact) mass is 202 g/mol. The van der Waals surface area contributed by atoms with Crippen LogP contribution in [0, 0.1) is 5.82 Å². The molecule has 0 saturated heterocycles. The molecule has 0 amide bonds. The molecule has 0 saturated carbocycles. The van der Waals surface area contributed by atoms with E-state index in [-0.39, 0.29) is 11.6 Å². The van der Waals surface area contributed by atoms with Crippen LogP contribution in [0.1, 0.15) is 0 Å². The van der Waals surface area contributed by atoms with Crippen molar-refractivity contribution in [3.8, 4) is 5.75 Å². The number of fused-ring (bicyclic) bond motifs is 3. The molecule has 1 aromatic heterocycles. The van der Waals surface area contributed by atoms with Crippen LogP contribution in [0.4, 0.5) is 4.39 Å². The van der Waals surface area contributed by atoms with E-state index < -0.39 is 0 Å². The first-order valence-electron chi connectivity index (χ1n) is 4.56. The van der Waals surface area contributed by atoms with Gasteiger partial charge in [-0.1, -0.05) is 12.1 Å². The highest BCUT2D eigenvalue weighted by Gasteiger charge is 2.13. The summed E-state index contributed by atoms with van der Waals surface area (Å²) in [6.45, 7) is 0. The second-order valence-electron chi connectivity index (χ2n) is 3.37. The Morgan fingerprint density at radius 2 is 1.60 bits per heavy atom. The van der Waals surface area contributed by atoms with Gasteiger partial charge in [-0.3, -0.25) is 0 Å². The molecule has 2 nitrogen and oxygen atoms in total. The van der Waals surface area contributed by atoms with E-state index in [1.54, 1.807) is 24.3 Å². The van der Waals surface area contributed by atoms with Gasteiger partial charge in [0, 0.05) is 0 Å². The average Bonchev–Trinajstić information content (AvgIpc) is 2.58. The number of benzene rings is 2. The van der Waals surface area contributed by atoms with Gasteiger partial charge in [0.25, 0.3) is 0 Å². The van der Waals surface area contributed by atoms with E-state index in [1.165, 1.54) is 12.1 Å². The Morgan fingerprint density at radius 3 is 2.40 bits per heavy atom. The van der Waals surface area contributed by atoms with E-state index in [4.69, 9.17) is 4.42 Å². The predicted molar refractivity (Wildman–Crippen MR) is 55.3 cm³/mol. The highest BCUT2D eigenvalue weighted by Crippen LogP contribution is 2.35. The lowest BCUT2D eigenvalue weighted by Crippen LogP contribution is -1.74. The molecule has 0 aliphatic heterocycles. The van der Waals surface area contributed by atoms with Crippen LogP contribution in [0.2, 0.25) is 0 Å². The van der Waals surface area contributed by atoms with Crippen molar-refractivity contribution in [2.45, 2.75) is 0 Å². The van der Waals surface area contributed by atoms with Crippen LogP contribution in [0.5, 0.6) is 5.75 Å². The van der Waals surface area contributed by atoms with Crippen molar-refractivity contribution in [2.24, 2.45) is 0 Å². The molecule has 1 heterocycles. The third-order valence-corrected chi connectivity index (χ3v) is 2.45. The molecule has 0 unspecified atom stereocenters. The van der Waals surface area contributed by atoms with Gasteiger partial charge in [-0.15, -0.1) is 0 Å². The van der Waals surface area contributed by atoms with Gasteiger partial charge in [0.2, 0.25) is 0 Å². The van der Waals surface area contributed by atoms with Crippen molar-refractivity contribution in [3.05, 3.63) is 42.2 Å². The summed E-state index contributed by atoms with van der Waals surface area (Å²) in [6.07, 6.45) is 0.